The molecule has 1 atom stereocenters. The van der Waals surface area contributed by atoms with Crippen LogP contribution in [0.5, 0.6) is 0 Å². The summed E-state index contributed by atoms with van der Waals surface area (Å²) in [7, 11) is 1.98. The van der Waals surface area contributed by atoms with Crippen molar-refractivity contribution in [2.24, 2.45) is 0 Å². The Morgan fingerprint density at radius 1 is 1.24 bits per heavy atom. The third kappa shape index (κ3) is 2.77. The zero-order valence-electron chi connectivity index (χ0n) is 10.4. The lowest BCUT2D eigenvalue weighted by Gasteiger charge is -2.15. The van der Waals surface area contributed by atoms with Crippen LogP contribution in [-0.4, -0.2) is 7.05 Å². The highest BCUT2D eigenvalue weighted by Crippen LogP contribution is 2.23. The fourth-order valence-electron chi connectivity index (χ4n) is 2.18. The lowest BCUT2D eigenvalue weighted by Crippen LogP contribution is -2.17. The van der Waals surface area contributed by atoms with Gasteiger partial charge in [-0.3, -0.25) is 0 Å². The van der Waals surface area contributed by atoms with Crippen LogP contribution in [0.25, 0.3) is 0 Å². The summed E-state index contributed by atoms with van der Waals surface area (Å²) in [6.45, 7) is 2.21. The fourth-order valence-corrected chi connectivity index (χ4v) is 2.18. The predicted octanol–water partition coefficient (Wildman–Crippen LogP) is 3.54. The summed E-state index contributed by atoms with van der Waals surface area (Å²) in [5.74, 6) is 0. The van der Waals surface area contributed by atoms with Gasteiger partial charge in [-0.15, -0.1) is 0 Å². The minimum absolute atomic E-state index is 0.213. The number of rotatable bonds is 5. The average Bonchev–Trinajstić information content (AvgIpc) is 2.85. The van der Waals surface area contributed by atoms with Crippen molar-refractivity contribution in [1.29, 1.82) is 0 Å². The van der Waals surface area contributed by atoms with Crippen molar-refractivity contribution in [1.82, 2.24) is 5.32 Å². The first-order valence-electron chi connectivity index (χ1n) is 6.13. The van der Waals surface area contributed by atoms with Crippen molar-refractivity contribution in [3.63, 3.8) is 0 Å². The molecule has 0 radical (unpaired) electrons. The summed E-state index contributed by atoms with van der Waals surface area (Å²) >= 11 is 0. The Hall–Kier alpha value is -1.54. The van der Waals surface area contributed by atoms with E-state index in [-0.39, 0.29) is 6.04 Å². The molecule has 0 spiro atoms. The van der Waals surface area contributed by atoms with Crippen molar-refractivity contribution >= 4 is 0 Å². The molecule has 2 rings (SSSR count). The van der Waals surface area contributed by atoms with Crippen molar-refractivity contribution in [3.05, 3.63) is 59.5 Å². The van der Waals surface area contributed by atoms with E-state index in [9.17, 15) is 0 Å². The second-order valence-corrected chi connectivity index (χ2v) is 4.27. The minimum atomic E-state index is 0.213. The molecule has 1 aromatic heterocycles. The maximum Gasteiger partial charge on any atom is 0.0953 e. The standard InChI is InChI=1S/C15H19NO/c1-3-5-12-6-4-7-13(10-12)15(16-2)14-8-9-17-11-14/h4,6-11,15-16H,3,5H2,1-2H3. The van der Waals surface area contributed by atoms with E-state index in [0.29, 0.717) is 0 Å². The van der Waals surface area contributed by atoms with Gasteiger partial charge in [0.1, 0.15) is 0 Å². The van der Waals surface area contributed by atoms with Gasteiger partial charge < -0.3 is 9.73 Å². The molecule has 0 saturated carbocycles. The second-order valence-electron chi connectivity index (χ2n) is 4.27. The SMILES string of the molecule is CCCc1cccc(C(NC)c2ccoc2)c1. The molecule has 0 aliphatic heterocycles. The molecule has 90 valence electrons. The van der Waals surface area contributed by atoms with Gasteiger partial charge in [0.2, 0.25) is 0 Å². The molecule has 2 nitrogen and oxygen atoms in total. The van der Waals surface area contributed by atoms with E-state index in [4.69, 9.17) is 4.42 Å². The Morgan fingerprint density at radius 3 is 2.76 bits per heavy atom. The number of hydrogen-bond acceptors (Lipinski definition) is 2. The van der Waals surface area contributed by atoms with Gasteiger partial charge in [-0.1, -0.05) is 37.6 Å². The Kier molecular flexibility index (Phi) is 3.99. The first kappa shape index (κ1) is 11.9. The smallest absolute Gasteiger partial charge is 0.0953 e. The van der Waals surface area contributed by atoms with E-state index in [1.807, 2.05) is 13.1 Å². The topological polar surface area (TPSA) is 25.2 Å². The largest absolute Gasteiger partial charge is 0.472 e. The van der Waals surface area contributed by atoms with E-state index >= 15 is 0 Å². The van der Waals surface area contributed by atoms with E-state index in [1.54, 1.807) is 12.5 Å². The predicted molar refractivity (Wildman–Crippen MR) is 70.0 cm³/mol. The minimum Gasteiger partial charge on any atom is -0.472 e. The van der Waals surface area contributed by atoms with E-state index in [0.717, 1.165) is 6.42 Å². The molecule has 17 heavy (non-hydrogen) atoms. The van der Waals surface area contributed by atoms with Gasteiger partial charge in [-0.2, -0.15) is 0 Å². The monoisotopic (exact) mass is 229 g/mol. The molecular formula is C15H19NO. The number of benzene rings is 1. The van der Waals surface area contributed by atoms with Gasteiger partial charge >= 0.3 is 0 Å². The molecule has 1 N–H and O–H groups in total. The molecular weight excluding hydrogens is 210 g/mol. The first-order chi connectivity index (χ1) is 8.35. The van der Waals surface area contributed by atoms with E-state index in [1.165, 1.54) is 23.1 Å². The van der Waals surface area contributed by atoms with Crippen LogP contribution >= 0.6 is 0 Å². The summed E-state index contributed by atoms with van der Waals surface area (Å²) in [6.07, 6.45) is 5.83. The quantitative estimate of drug-likeness (QED) is 0.848. The molecule has 0 aliphatic rings. The lowest BCUT2D eigenvalue weighted by atomic mass is 9.98. The molecule has 1 heterocycles. The van der Waals surface area contributed by atoms with Crippen molar-refractivity contribution in [3.8, 4) is 0 Å². The Morgan fingerprint density at radius 2 is 2.12 bits per heavy atom. The van der Waals surface area contributed by atoms with Gasteiger partial charge in [0.15, 0.2) is 0 Å². The van der Waals surface area contributed by atoms with Gasteiger partial charge in [-0.25, -0.2) is 0 Å². The van der Waals surface area contributed by atoms with Crippen LogP contribution in [0.4, 0.5) is 0 Å². The number of hydrogen-bond donors (Lipinski definition) is 1. The summed E-state index contributed by atoms with van der Waals surface area (Å²) in [4.78, 5) is 0. The highest BCUT2D eigenvalue weighted by molar-refractivity contribution is 5.32. The molecule has 2 aromatic rings. The highest BCUT2D eigenvalue weighted by atomic mass is 16.3. The number of furan rings is 1. The van der Waals surface area contributed by atoms with Crippen molar-refractivity contribution in [2.75, 3.05) is 7.05 Å². The third-order valence-corrected chi connectivity index (χ3v) is 2.99. The van der Waals surface area contributed by atoms with Gasteiger partial charge in [0.05, 0.1) is 18.6 Å². The van der Waals surface area contributed by atoms with E-state index < -0.39 is 0 Å². The molecule has 0 fully saturated rings. The van der Waals surface area contributed by atoms with Crippen LogP contribution in [0.3, 0.4) is 0 Å². The number of aryl methyl sites for hydroxylation is 1. The fraction of sp³-hybridized carbons (Fsp3) is 0.333. The van der Waals surface area contributed by atoms with Crippen LogP contribution < -0.4 is 5.32 Å². The Balaban J connectivity index is 2.28. The summed E-state index contributed by atoms with van der Waals surface area (Å²) in [5.41, 5.74) is 3.86. The summed E-state index contributed by atoms with van der Waals surface area (Å²) < 4.78 is 5.16. The molecule has 1 aromatic carbocycles. The zero-order valence-corrected chi connectivity index (χ0v) is 10.4. The zero-order chi connectivity index (χ0) is 12.1. The van der Waals surface area contributed by atoms with Gasteiger partial charge in [0, 0.05) is 5.56 Å². The van der Waals surface area contributed by atoms with Crippen LogP contribution in [0.1, 0.15) is 36.1 Å². The van der Waals surface area contributed by atoms with E-state index in [2.05, 4.69) is 36.5 Å². The molecule has 2 heteroatoms. The molecule has 0 amide bonds. The Labute approximate surface area is 103 Å². The first-order valence-corrected chi connectivity index (χ1v) is 6.13. The highest BCUT2D eigenvalue weighted by Gasteiger charge is 2.12. The van der Waals surface area contributed by atoms with Crippen LogP contribution in [0.2, 0.25) is 0 Å². The molecule has 0 bridgehead atoms. The van der Waals surface area contributed by atoms with Crippen LogP contribution in [0.15, 0.2) is 47.3 Å². The second kappa shape index (κ2) is 5.69. The van der Waals surface area contributed by atoms with Gasteiger partial charge in [-0.05, 0) is 30.7 Å². The maximum atomic E-state index is 5.16. The van der Waals surface area contributed by atoms with Crippen molar-refractivity contribution < 1.29 is 4.42 Å². The molecule has 0 aliphatic carbocycles. The lowest BCUT2D eigenvalue weighted by molar-refractivity contribution is 0.557. The molecule has 1 unspecified atom stereocenters. The Bertz CT molecular complexity index is 448. The van der Waals surface area contributed by atoms with Crippen molar-refractivity contribution in [2.45, 2.75) is 25.8 Å². The average molecular weight is 229 g/mol. The summed E-state index contributed by atoms with van der Waals surface area (Å²) in [5, 5.41) is 3.33. The maximum absolute atomic E-state index is 5.16. The van der Waals surface area contributed by atoms with Crippen LogP contribution in [0, 0.1) is 0 Å². The summed E-state index contributed by atoms with van der Waals surface area (Å²) in [6, 6.07) is 11.0. The molecule has 0 saturated heterocycles. The van der Waals surface area contributed by atoms with Gasteiger partial charge in [0.25, 0.3) is 0 Å². The number of nitrogens with one attached hydrogen (secondary N) is 1. The third-order valence-electron chi connectivity index (χ3n) is 2.99. The van der Waals surface area contributed by atoms with Crippen LogP contribution in [-0.2, 0) is 6.42 Å². The normalized spacial score (nSPS) is 12.6.